The molecule has 15 heavy (non-hydrogen) atoms. The van der Waals surface area contributed by atoms with Crippen LogP contribution in [0.4, 0.5) is 0 Å². The molecule has 0 aliphatic heterocycles. The first-order valence-corrected chi connectivity index (χ1v) is 6.39. The molecule has 1 N–H and O–H groups in total. The van der Waals surface area contributed by atoms with Gasteiger partial charge >= 0.3 is 0 Å². The fourth-order valence-corrected chi connectivity index (χ4v) is 2.37. The van der Waals surface area contributed by atoms with Crippen molar-refractivity contribution >= 4 is 11.8 Å². The van der Waals surface area contributed by atoms with E-state index in [2.05, 4.69) is 5.32 Å². The lowest BCUT2D eigenvalue weighted by atomic mass is 9.96. The molecule has 0 unspecified atom stereocenters. The second kappa shape index (κ2) is 6.37. The number of hydrogen-bond acceptors (Lipinski definition) is 4. The molecule has 0 saturated heterocycles. The molecule has 0 bridgehead atoms. The van der Waals surface area contributed by atoms with Gasteiger partial charge in [-0.25, -0.2) is 0 Å². The van der Waals surface area contributed by atoms with Crippen molar-refractivity contribution in [3.05, 3.63) is 10.6 Å². The molecule has 1 aliphatic carbocycles. The molecular formula is C11H15N3S. The molecule has 80 valence electrons. The minimum Gasteiger partial charge on any atom is -0.375 e. The highest BCUT2D eigenvalue weighted by molar-refractivity contribution is 8.02. The first-order chi connectivity index (χ1) is 7.31. The Kier molecular flexibility index (Phi) is 5.07. The van der Waals surface area contributed by atoms with E-state index in [1.165, 1.54) is 31.0 Å². The van der Waals surface area contributed by atoms with E-state index in [0.717, 1.165) is 17.9 Å². The minimum absolute atomic E-state index is 0.202. The van der Waals surface area contributed by atoms with Crippen LogP contribution in [-0.4, -0.2) is 12.3 Å². The fraction of sp³-hybridized carbons (Fsp3) is 0.636. The summed E-state index contributed by atoms with van der Waals surface area (Å²) >= 11 is 1.44. The number of nitrogens with one attached hydrogen (secondary N) is 1. The molecular weight excluding hydrogens is 206 g/mol. The van der Waals surface area contributed by atoms with Gasteiger partial charge in [-0.05, 0) is 19.1 Å². The van der Waals surface area contributed by atoms with Crippen molar-refractivity contribution in [1.29, 1.82) is 10.5 Å². The molecule has 1 saturated carbocycles. The lowest BCUT2D eigenvalue weighted by Gasteiger charge is -2.24. The highest BCUT2D eigenvalue weighted by Crippen LogP contribution is 2.21. The number of nitriles is 2. The van der Waals surface area contributed by atoms with Gasteiger partial charge in [-0.3, -0.25) is 0 Å². The lowest BCUT2D eigenvalue weighted by Crippen LogP contribution is -2.30. The Morgan fingerprint density at radius 1 is 1.20 bits per heavy atom. The van der Waals surface area contributed by atoms with Crippen molar-refractivity contribution in [2.24, 2.45) is 0 Å². The smallest absolute Gasteiger partial charge is 0.159 e. The average Bonchev–Trinajstić information content (AvgIpc) is 2.30. The Hall–Kier alpha value is -1.13. The first-order valence-electron chi connectivity index (χ1n) is 5.16. The van der Waals surface area contributed by atoms with Crippen LogP contribution in [0.15, 0.2) is 10.6 Å². The van der Waals surface area contributed by atoms with E-state index in [1.54, 1.807) is 0 Å². The molecule has 0 aromatic rings. The molecule has 0 aromatic carbocycles. The number of hydrogen-bond donors (Lipinski definition) is 1. The number of allylic oxidation sites excluding steroid dienone is 1. The molecule has 0 spiro atoms. The van der Waals surface area contributed by atoms with Gasteiger partial charge in [0.2, 0.25) is 0 Å². The van der Waals surface area contributed by atoms with Crippen LogP contribution < -0.4 is 5.32 Å². The van der Waals surface area contributed by atoms with Crippen molar-refractivity contribution in [1.82, 2.24) is 5.32 Å². The van der Waals surface area contributed by atoms with Crippen molar-refractivity contribution in [2.75, 3.05) is 6.26 Å². The summed E-state index contributed by atoms with van der Waals surface area (Å²) in [6, 6.07) is 4.30. The molecule has 3 nitrogen and oxygen atoms in total. The summed E-state index contributed by atoms with van der Waals surface area (Å²) in [4.78, 5) is 0. The molecule has 0 amide bonds. The largest absolute Gasteiger partial charge is 0.375 e. The molecule has 0 heterocycles. The van der Waals surface area contributed by atoms with Gasteiger partial charge < -0.3 is 5.32 Å². The third kappa shape index (κ3) is 3.49. The van der Waals surface area contributed by atoms with Crippen LogP contribution in [0.3, 0.4) is 0 Å². The summed E-state index contributed by atoms with van der Waals surface area (Å²) in [7, 11) is 0. The van der Waals surface area contributed by atoms with Crippen LogP contribution in [0.2, 0.25) is 0 Å². The van der Waals surface area contributed by atoms with Crippen LogP contribution in [0.5, 0.6) is 0 Å². The van der Waals surface area contributed by atoms with Crippen LogP contribution in [-0.2, 0) is 0 Å². The topological polar surface area (TPSA) is 59.6 Å². The third-order valence-electron chi connectivity index (χ3n) is 2.60. The van der Waals surface area contributed by atoms with E-state index in [9.17, 15) is 0 Å². The van der Waals surface area contributed by atoms with Gasteiger partial charge in [0.05, 0.1) is 5.03 Å². The molecule has 4 heteroatoms. The van der Waals surface area contributed by atoms with Gasteiger partial charge in [-0.2, -0.15) is 10.5 Å². The molecule has 1 fully saturated rings. The summed E-state index contributed by atoms with van der Waals surface area (Å²) in [6.45, 7) is 0. The number of nitrogens with zero attached hydrogens (tertiary/aromatic N) is 2. The maximum absolute atomic E-state index is 8.77. The van der Waals surface area contributed by atoms with Gasteiger partial charge in [0.15, 0.2) is 5.57 Å². The van der Waals surface area contributed by atoms with E-state index in [-0.39, 0.29) is 5.57 Å². The third-order valence-corrected chi connectivity index (χ3v) is 3.33. The zero-order valence-electron chi connectivity index (χ0n) is 8.92. The van der Waals surface area contributed by atoms with E-state index in [0.29, 0.717) is 6.04 Å². The maximum Gasteiger partial charge on any atom is 0.159 e. The second-order valence-electron chi connectivity index (χ2n) is 3.61. The molecule has 0 aromatic heterocycles. The summed E-state index contributed by atoms with van der Waals surface area (Å²) in [5, 5.41) is 21.6. The first kappa shape index (κ1) is 11.9. The summed E-state index contributed by atoms with van der Waals surface area (Å²) in [5.74, 6) is 0. The molecule has 1 aliphatic rings. The van der Waals surface area contributed by atoms with Crippen LogP contribution in [0.25, 0.3) is 0 Å². The van der Waals surface area contributed by atoms with Crippen molar-refractivity contribution in [3.8, 4) is 12.1 Å². The SMILES string of the molecule is CSC(NC1CCCCC1)=C(C#N)C#N. The molecule has 1 rings (SSSR count). The predicted molar refractivity (Wildman–Crippen MR) is 61.8 cm³/mol. The maximum atomic E-state index is 8.77. The van der Waals surface area contributed by atoms with Crippen molar-refractivity contribution in [2.45, 2.75) is 38.1 Å². The highest BCUT2D eigenvalue weighted by Gasteiger charge is 2.15. The zero-order valence-corrected chi connectivity index (χ0v) is 9.73. The average molecular weight is 221 g/mol. The molecule has 0 atom stereocenters. The van der Waals surface area contributed by atoms with Gasteiger partial charge in [-0.15, -0.1) is 11.8 Å². The van der Waals surface area contributed by atoms with E-state index in [1.807, 2.05) is 18.4 Å². The monoisotopic (exact) mass is 221 g/mol. The van der Waals surface area contributed by atoms with E-state index >= 15 is 0 Å². The Labute approximate surface area is 95.2 Å². The number of rotatable bonds is 3. The second-order valence-corrected chi connectivity index (χ2v) is 4.43. The van der Waals surface area contributed by atoms with E-state index < -0.39 is 0 Å². The predicted octanol–water partition coefficient (Wildman–Crippen LogP) is 2.53. The summed E-state index contributed by atoms with van der Waals surface area (Å²) < 4.78 is 0. The quantitative estimate of drug-likeness (QED) is 0.744. The van der Waals surface area contributed by atoms with Gasteiger partial charge in [0.25, 0.3) is 0 Å². The van der Waals surface area contributed by atoms with Crippen LogP contribution in [0, 0.1) is 22.7 Å². The Balaban J connectivity index is 2.65. The van der Waals surface area contributed by atoms with Crippen LogP contribution >= 0.6 is 11.8 Å². The van der Waals surface area contributed by atoms with Crippen molar-refractivity contribution < 1.29 is 0 Å². The standard InChI is InChI=1S/C11H15N3S/c1-15-11(9(7-12)8-13)14-10-5-3-2-4-6-10/h10,14H,2-6H2,1H3. The minimum atomic E-state index is 0.202. The van der Waals surface area contributed by atoms with Gasteiger partial charge in [-0.1, -0.05) is 19.3 Å². The number of thioether (sulfide) groups is 1. The summed E-state index contributed by atoms with van der Waals surface area (Å²) in [5.41, 5.74) is 0.202. The Morgan fingerprint density at radius 2 is 1.80 bits per heavy atom. The summed E-state index contributed by atoms with van der Waals surface area (Å²) in [6.07, 6.45) is 7.98. The van der Waals surface area contributed by atoms with E-state index in [4.69, 9.17) is 10.5 Å². The Bertz CT molecular complexity index is 300. The molecule has 0 radical (unpaired) electrons. The zero-order chi connectivity index (χ0) is 11.1. The van der Waals surface area contributed by atoms with Crippen molar-refractivity contribution in [3.63, 3.8) is 0 Å². The van der Waals surface area contributed by atoms with Crippen LogP contribution in [0.1, 0.15) is 32.1 Å². The normalized spacial score (nSPS) is 16.2. The highest BCUT2D eigenvalue weighted by atomic mass is 32.2. The Morgan fingerprint density at radius 3 is 2.27 bits per heavy atom. The fourth-order valence-electron chi connectivity index (χ4n) is 1.79. The lowest BCUT2D eigenvalue weighted by molar-refractivity contribution is 0.402. The van der Waals surface area contributed by atoms with Gasteiger partial charge in [0.1, 0.15) is 12.1 Å². The van der Waals surface area contributed by atoms with Gasteiger partial charge in [0, 0.05) is 6.04 Å².